The van der Waals surface area contributed by atoms with Crippen molar-refractivity contribution in [3.63, 3.8) is 0 Å². The second-order valence-corrected chi connectivity index (χ2v) is 5.63. The van der Waals surface area contributed by atoms with Crippen molar-refractivity contribution in [3.8, 4) is 0 Å². The summed E-state index contributed by atoms with van der Waals surface area (Å²) in [4.78, 5) is 2.48. The molecule has 0 N–H and O–H groups in total. The lowest BCUT2D eigenvalue weighted by molar-refractivity contribution is -0.0447. The fourth-order valence-electron chi connectivity index (χ4n) is 3.35. The van der Waals surface area contributed by atoms with Crippen molar-refractivity contribution in [2.24, 2.45) is 7.05 Å². The Morgan fingerprint density at radius 1 is 1.55 bits per heavy atom. The van der Waals surface area contributed by atoms with Crippen molar-refractivity contribution in [1.82, 2.24) is 14.7 Å². The van der Waals surface area contributed by atoms with Crippen LogP contribution in [0.2, 0.25) is 0 Å². The summed E-state index contributed by atoms with van der Waals surface area (Å²) in [5, 5.41) is 4.25. The van der Waals surface area contributed by atoms with Crippen molar-refractivity contribution < 1.29 is 9.47 Å². The smallest absolute Gasteiger partial charge is 0.0995 e. The first-order chi connectivity index (χ1) is 9.78. The first kappa shape index (κ1) is 13.8. The van der Waals surface area contributed by atoms with Crippen LogP contribution in [0.15, 0.2) is 25.0 Å². The van der Waals surface area contributed by atoms with Gasteiger partial charge in [-0.25, -0.2) is 0 Å². The van der Waals surface area contributed by atoms with Crippen molar-refractivity contribution >= 4 is 0 Å². The lowest BCUT2D eigenvalue weighted by Gasteiger charge is -2.30. The molecule has 0 amide bonds. The van der Waals surface area contributed by atoms with Crippen LogP contribution in [0.4, 0.5) is 0 Å². The molecular formula is C15H23N3O2. The van der Waals surface area contributed by atoms with E-state index in [4.69, 9.17) is 9.47 Å². The van der Waals surface area contributed by atoms with Crippen LogP contribution >= 0.6 is 0 Å². The summed E-state index contributed by atoms with van der Waals surface area (Å²) in [6.45, 7) is 7.01. The molecule has 1 saturated heterocycles. The molecule has 1 aliphatic heterocycles. The van der Waals surface area contributed by atoms with Gasteiger partial charge in [-0.1, -0.05) is 6.08 Å². The molecule has 5 nitrogen and oxygen atoms in total. The van der Waals surface area contributed by atoms with Gasteiger partial charge in [0.15, 0.2) is 0 Å². The van der Waals surface area contributed by atoms with Crippen molar-refractivity contribution in [2.75, 3.05) is 19.8 Å². The molecule has 110 valence electrons. The average Bonchev–Trinajstić information content (AvgIpc) is 2.95. The highest BCUT2D eigenvalue weighted by Gasteiger charge is 2.42. The van der Waals surface area contributed by atoms with Crippen LogP contribution in [-0.4, -0.2) is 52.7 Å². The zero-order chi connectivity index (χ0) is 13.9. The molecule has 3 rings (SSSR count). The Morgan fingerprint density at radius 3 is 3.20 bits per heavy atom. The molecule has 1 aromatic rings. The second-order valence-electron chi connectivity index (χ2n) is 5.63. The summed E-state index contributed by atoms with van der Waals surface area (Å²) in [5.41, 5.74) is 1.25. The van der Waals surface area contributed by atoms with Gasteiger partial charge in [-0.05, 0) is 12.8 Å². The molecule has 0 radical (unpaired) electrons. The minimum absolute atomic E-state index is 0.173. The Balaban J connectivity index is 1.71. The fraction of sp³-hybridized carbons (Fsp3) is 0.667. The van der Waals surface area contributed by atoms with E-state index in [0.717, 1.165) is 32.5 Å². The number of rotatable bonds is 5. The van der Waals surface area contributed by atoms with Crippen molar-refractivity contribution in [1.29, 1.82) is 0 Å². The molecule has 2 heterocycles. The van der Waals surface area contributed by atoms with Gasteiger partial charge in [0.2, 0.25) is 0 Å². The van der Waals surface area contributed by atoms with Gasteiger partial charge in [0, 0.05) is 37.9 Å². The molecule has 0 spiro atoms. The molecular weight excluding hydrogens is 254 g/mol. The lowest BCUT2D eigenvalue weighted by atomic mass is 10.1. The standard InChI is InChI=1S/C15H23N3O2/c1-3-7-20-15-13-4-5-14(15)19-8-6-18(13)11-12-9-16-17(2)10-12/h3,9-10,13-15H,1,4-8,11H2,2H3/t13-,14-,15-/m1/s1. The molecule has 20 heavy (non-hydrogen) atoms. The molecule has 0 aromatic carbocycles. The fourth-order valence-corrected chi connectivity index (χ4v) is 3.35. The van der Waals surface area contributed by atoms with E-state index in [0.29, 0.717) is 12.6 Å². The maximum atomic E-state index is 5.97. The second kappa shape index (κ2) is 6.08. The van der Waals surface area contributed by atoms with Crippen LogP contribution < -0.4 is 0 Å². The largest absolute Gasteiger partial charge is 0.374 e. The van der Waals surface area contributed by atoms with E-state index >= 15 is 0 Å². The van der Waals surface area contributed by atoms with E-state index in [-0.39, 0.29) is 12.2 Å². The Bertz CT molecular complexity index is 460. The van der Waals surface area contributed by atoms with Crippen LogP contribution in [0.5, 0.6) is 0 Å². The predicted octanol–water partition coefficient (Wildman–Crippen LogP) is 1.35. The SMILES string of the molecule is C=CCO[C@@H]1[C@H]2CC[C@H]1OCCN2Cc1cnn(C)c1. The minimum atomic E-state index is 0.173. The molecule has 1 aromatic heterocycles. The van der Waals surface area contributed by atoms with E-state index in [1.807, 2.05) is 24.0 Å². The maximum absolute atomic E-state index is 5.97. The van der Waals surface area contributed by atoms with Gasteiger partial charge in [0.25, 0.3) is 0 Å². The average molecular weight is 277 g/mol. The van der Waals surface area contributed by atoms with E-state index in [1.165, 1.54) is 5.56 Å². The number of aromatic nitrogens is 2. The normalized spacial score (nSPS) is 30.4. The summed E-state index contributed by atoms with van der Waals surface area (Å²) in [7, 11) is 1.95. The van der Waals surface area contributed by atoms with E-state index in [2.05, 4.69) is 22.8 Å². The molecule has 0 unspecified atom stereocenters. The predicted molar refractivity (Wildman–Crippen MR) is 76.3 cm³/mol. The van der Waals surface area contributed by atoms with Crippen LogP contribution in [0.25, 0.3) is 0 Å². The summed E-state index contributed by atoms with van der Waals surface area (Å²) >= 11 is 0. The minimum Gasteiger partial charge on any atom is -0.374 e. The molecule has 5 heteroatoms. The third-order valence-electron chi connectivity index (χ3n) is 4.22. The zero-order valence-electron chi connectivity index (χ0n) is 12.1. The number of hydrogen-bond acceptors (Lipinski definition) is 4. The van der Waals surface area contributed by atoms with E-state index in [9.17, 15) is 0 Å². The third-order valence-corrected chi connectivity index (χ3v) is 4.22. The first-order valence-electron chi connectivity index (χ1n) is 7.33. The molecule has 2 fully saturated rings. The third kappa shape index (κ3) is 2.80. The molecule has 3 atom stereocenters. The van der Waals surface area contributed by atoms with Crippen molar-refractivity contribution in [2.45, 2.75) is 37.6 Å². The Kier molecular flexibility index (Phi) is 4.19. The monoisotopic (exact) mass is 277 g/mol. The number of fused-ring (bicyclic) bond motifs is 2. The number of ether oxygens (including phenoxy) is 2. The van der Waals surface area contributed by atoms with Gasteiger partial charge in [0.1, 0.15) is 0 Å². The molecule has 1 aliphatic carbocycles. The lowest BCUT2D eigenvalue weighted by Crippen LogP contribution is -2.42. The van der Waals surface area contributed by atoms with Gasteiger partial charge in [0.05, 0.1) is 31.6 Å². The van der Waals surface area contributed by atoms with Gasteiger partial charge in [-0.3, -0.25) is 9.58 Å². The molecule has 2 aliphatic rings. The molecule has 2 bridgehead atoms. The quantitative estimate of drug-likeness (QED) is 0.762. The molecule has 1 saturated carbocycles. The van der Waals surface area contributed by atoms with Crippen LogP contribution in [0, 0.1) is 0 Å². The van der Waals surface area contributed by atoms with Crippen LogP contribution in [0.3, 0.4) is 0 Å². The highest BCUT2D eigenvalue weighted by atomic mass is 16.5. The van der Waals surface area contributed by atoms with Gasteiger partial charge in [-0.15, -0.1) is 6.58 Å². The Morgan fingerprint density at radius 2 is 2.45 bits per heavy atom. The summed E-state index contributed by atoms with van der Waals surface area (Å²) in [6.07, 6.45) is 8.50. The topological polar surface area (TPSA) is 39.5 Å². The highest BCUT2D eigenvalue weighted by Crippen LogP contribution is 2.32. The Labute approximate surface area is 120 Å². The van der Waals surface area contributed by atoms with Crippen molar-refractivity contribution in [3.05, 3.63) is 30.6 Å². The number of hydrogen-bond donors (Lipinski definition) is 0. The van der Waals surface area contributed by atoms with E-state index < -0.39 is 0 Å². The summed E-state index contributed by atoms with van der Waals surface area (Å²) in [6, 6.07) is 0.447. The Hall–Kier alpha value is -1.17. The van der Waals surface area contributed by atoms with Gasteiger partial charge in [-0.2, -0.15) is 5.10 Å². The van der Waals surface area contributed by atoms with Gasteiger partial charge >= 0.3 is 0 Å². The van der Waals surface area contributed by atoms with Crippen LogP contribution in [-0.2, 0) is 23.1 Å². The first-order valence-corrected chi connectivity index (χ1v) is 7.33. The van der Waals surface area contributed by atoms with E-state index in [1.54, 1.807) is 0 Å². The number of nitrogens with zero attached hydrogens (tertiary/aromatic N) is 3. The summed E-state index contributed by atoms with van der Waals surface area (Å²) < 4.78 is 13.8. The van der Waals surface area contributed by atoms with Gasteiger partial charge < -0.3 is 9.47 Å². The maximum Gasteiger partial charge on any atom is 0.0995 e. The van der Waals surface area contributed by atoms with Crippen LogP contribution in [0.1, 0.15) is 18.4 Å². The summed E-state index contributed by atoms with van der Waals surface area (Å²) in [5.74, 6) is 0. The highest BCUT2D eigenvalue weighted by molar-refractivity contribution is 5.06. The number of aryl methyl sites for hydroxylation is 1. The zero-order valence-corrected chi connectivity index (χ0v) is 12.1.